The molecule has 9 heteroatoms. The number of aromatic nitrogens is 5. The van der Waals surface area contributed by atoms with E-state index < -0.39 is 0 Å². The zero-order valence-corrected chi connectivity index (χ0v) is 17.8. The Morgan fingerprint density at radius 1 is 1.16 bits per heavy atom. The number of benzene rings is 2. The Morgan fingerprint density at radius 3 is 2.78 bits per heavy atom. The summed E-state index contributed by atoms with van der Waals surface area (Å²) in [5.74, 6) is 1.77. The summed E-state index contributed by atoms with van der Waals surface area (Å²) >= 11 is 0. The Labute approximate surface area is 185 Å². The van der Waals surface area contributed by atoms with Crippen molar-refractivity contribution >= 4 is 16.9 Å². The van der Waals surface area contributed by atoms with Crippen molar-refractivity contribution in [2.75, 3.05) is 13.1 Å². The molecular formula is C23H24N6O3. The second-order valence-corrected chi connectivity index (χ2v) is 7.88. The zero-order valence-electron chi connectivity index (χ0n) is 17.8. The van der Waals surface area contributed by atoms with Gasteiger partial charge in [0, 0.05) is 25.1 Å². The maximum atomic E-state index is 12.3. The minimum Gasteiger partial charge on any atom is -0.481 e. The number of aryl methyl sites for hydroxylation is 1. The van der Waals surface area contributed by atoms with Gasteiger partial charge in [0.15, 0.2) is 6.10 Å². The van der Waals surface area contributed by atoms with E-state index in [-0.39, 0.29) is 12.0 Å². The second-order valence-electron chi connectivity index (χ2n) is 7.88. The Kier molecular flexibility index (Phi) is 5.53. The van der Waals surface area contributed by atoms with Crippen LogP contribution in [0, 0.1) is 0 Å². The summed E-state index contributed by atoms with van der Waals surface area (Å²) in [5, 5.41) is 12.6. The fourth-order valence-electron chi connectivity index (χ4n) is 3.87. The molecule has 0 spiro atoms. The Morgan fingerprint density at radius 2 is 1.97 bits per heavy atom. The smallest absolute Gasteiger partial charge is 0.267 e. The van der Waals surface area contributed by atoms with Crippen molar-refractivity contribution in [3.63, 3.8) is 0 Å². The van der Waals surface area contributed by atoms with E-state index in [1.165, 1.54) is 0 Å². The van der Waals surface area contributed by atoms with Gasteiger partial charge in [-0.1, -0.05) is 28.6 Å². The third-order valence-corrected chi connectivity index (χ3v) is 5.61. The molecule has 164 valence electrons. The lowest BCUT2D eigenvalue weighted by Crippen LogP contribution is -2.28. The maximum Gasteiger partial charge on any atom is 0.267 e. The van der Waals surface area contributed by atoms with Crippen LogP contribution in [-0.2, 0) is 11.3 Å². The first-order valence-electron chi connectivity index (χ1n) is 10.8. The molecule has 1 fully saturated rings. The normalized spacial score (nSPS) is 14.7. The number of hydrogen-bond acceptors (Lipinski definition) is 7. The molecule has 32 heavy (non-hydrogen) atoms. The zero-order chi connectivity index (χ0) is 21.9. The predicted octanol–water partition coefficient (Wildman–Crippen LogP) is 3.63. The van der Waals surface area contributed by atoms with Crippen molar-refractivity contribution in [2.45, 2.75) is 38.8 Å². The minimum atomic E-state index is -0.378. The van der Waals surface area contributed by atoms with E-state index in [2.05, 4.69) is 20.5 Å². The highest BCUT2D eigenvalue weighted by Crippen LogP contribution is 2.25. The van der Waals surface area contributed by atoms with Crippen molar-refractivity contribution < 1.29 is 14.1 Å². The van der Waals surface area contributed by atoms with Gasteiger partial charge in [-0.05, 0) is 50.1 Å². The molecule has 1 amide bonds. The van der Waals surface area contributed by atoms with E-state index in [0.29, 0.717) is 24.7 Å². The van der Waals surface area contributed by atoms with Crippen LogP contribution in [-0.4, -0.2) is 49.0 Å². The van der Waals surface area contributed by atoms with Gasteiger partial charge in [0.2, 0.25) is 11.7 Å². The van der Waals surface area contributed by atoms with Crippen molar-refractivity contribution in [2.24, 2.45) is 0 Å². The molecular weight excluding hydrogens is 408 g/mol. The number of para-hydroxylation sites is 1. The van der Waals surface area contributed by atoms with Gasteiger partial charge in [0.05, 0.1) is 12.1 Å². The van der Waals surface area contributed by atoms with Crippen molar-refractivity contribution in [3.05, 3.63) is 54.4 Å². The molecule has 5 rings (SSSR count). The summed E-state index contributed by atoms with van der Waals surface area (Å²) in [6.07, 6.45) is 2.23. The number of rotatable bonds is 7. The van der Waals surface area contributed by atoms with Crippen LogP contribution < -0.4 is 4.74 Å². The number of carbonyl (C=O) groups is 1. The number of amides is 1. The van der Waals surface area contributed by atoms with Crippen LogP contribution in [0.4, 0.5) is 0 Å². The Balaban J connectivity index is 1.28. The summed E-state index contributed by atoms with van der Waals surface area (Å²) in [5.41, 5.74) is 2.36. The quantitative estimate of drug-likeness (QED) is 0.440. The van der Waals surface area contributed by atoms with Gasteiger partial charge >= 0.3 is 0 Å². The van der Waals surface area contributed by atoms with E-state index in [4.69, 9.17) is 9.26 Å². The molecule has 1 atom stereocenters. The molecule has 0 N–H and O–H groups in total. The number of hydrogen-bond donors (Lipinski definition) is 0. The van der Waals surface area contributed by atoms with Crippen LogP contribution in [0.25, 0.3) is 22.4 Å². The van der Waals surface area contributed by atoms with Gasteiger partial charge in [-0.15, -0.1) is 5.10 Å². The molecule has 9 nitrogen and oxygen atoms in total. The fraction of sp³-hybridized carbons (Fsp3) is 0.348. The van der Waals surface area contributed by atoms with Crippen LogP contribution in [0.3, 0.4) is 0 Å². The largest absolute Gasteiger partial charge is 0.481 e. The molecule has 0 aliphatic carbocycles. The van der Waals surface area contributed by atoms with Crippen LogP contribution in [0.2, 0.25) is 0 Å². The predicted molar refractivity (Wildman–Crippen MR) is 117 cm³/mol. The van der Waals surface area contributed by atoms with Gasteiger partial charge in [-0.25, -0.2) is 4.68 Å². The van der Waals surface area contributed by atoms with Gasteiger partial charge in [0.1, 0.15) is 11.3 Å². The standard InChI is InChI=1S/C23H24N6O3/c1-16(31-18-7-3-2-4-8-18)23-24-22(26-32-23)17-9-10-20-19(15-17)25-27-29(20)14-11-21(30)28-12-5-6-13-28/h2-4,7-10,15-16H,5-6,11-14H2,1H3/t16-/m1/s1. The van der Waals surface area contributed by atoms with E-state index in [9.17, 15) is 4.79 Å². The minimum absolute atomic E-state index is 0.175. The fourth-order valence-corrected chi connectivity index (χ4v) is 3.87. The van der Waals surface area contributed by atoms with Gasteiger partial charge in [-0.3, -0.25) is 4.79 Å². The number of carbonyl (C=O) groups excluding carboxylic acids is 1. The first-order chi connectivity index (χ1) is 15.7. The second kappa shape index (κ2) is 8.78. The lowest BCUT2D eigenvalue weighted by molar-refractivity contribution is -0.130. The summed E-state index contributed by atoms with van der Waals surface area (Å²) in [7, 11) is 0. The van der Waals surface area contributed by atoms with E-state index in [1.807, 2.05) is 60.4 Å². The summed E-state index contributed by atoms with van der Waals surface area (Å²) in [6, 6.07) is 15.2. The van der Waals surface area contributed by atoms with Crippen LogP contribution in [0.5, 0.6) is 5.75 Å². The SMILES string of the molecule is C[C@@H](Oc1ccccc1)c1nc(-c2ccc3c(c2)nnn3CCC(=O)N2CCCC2)no1. The maximum absolute atomic E-state index is 12.3. The molecule has 4 aromatic rings. The summed E-state index contributed by atoms with van der Waals surface area (Å²) < 4.78 is 13.0. The van der Waals surface area contributed by atoms with Crippen molar-refractivity contribution in [1.82, 2.24) is 30.0 Å². The van der Waals surface area contributed by atoms with E-state index >= 15 is 0 Å². The van der Waals surface area contributed by atoms with Gasteiger partial charge < -0.3 is 14.2 Å². The first-order valence-corrected chi connectivity index (χ1v) is 10.8. The van der Waals surface area contributed by atoms with Crippen LogP contribution in [0.15, 0.2) is 53.1 Å². The Bertz CT molecular complexity index is 1210. The van der Waals surface area contributed by atoms with Crippen molar-refractivity contribution in [3.8, 4) is 17.1 Å². The molecule has 0 unspecified atom stereocenters. The molecule has 0 radical (unpaired) electrons. The topological polar surface area (TPSA) is 99.2 Å². The molecule has 1 aliphatic rings. The number of fused-ring (bicyclic) bond motifs is 1. The van der Waals surface area contributed by atoms with Crippen molar-refractivity contribution in [1.29, 1.82) is 0 Å². The average molecular weight is 432 g/mol. The van der Waals surface area contributed by atoms with Gasteiger partial charge in [-0.2, -0.15) is 4.98 Å². The van der Waals surface area contributed by atoms with E-state index in [1.54, 1.807) is 4.68 Å². The molecule has 0 bridgehead atoms. The highest BCUT2D eigenvalue weighted by Gasteiger charge is 2.19. The monoisotopic (exact) mass is 432 g/mol. The van der Waals surface area contributed by atoms with E-state index in [0.717, 1.165) is 48.3 Å². The third kappa shape index (κ3) is 4.18. The first kappa shape index (κ1) is 20.2. The third-order valence-electron chi connectivity index (χ3n) is 5.61. The lowest BCUT2D eigenvalue weighted by atomic mass is 10.2. The van der Waals surface area contributed by atoms with Crippen LogP contribution >= 0.6 is 0 Å². The number of likely N-dealkylation sites (tertiary alicyclic amines) is 1. The summed E-state index contributed by atoms with van der Waals surface area (Å²) in [4.78, 5) is 18.7. The molecule has 3 heterocycles. The molecule has 2 aromatic carbocycles. The van der Waals surface area contributed by atoms with Crippen LogP contribution in [0.1, 0.15) is 38.2 Å². The van der Waals surface area contributed by atoms with Gasteiger partial charge in [0.25, 0.3) is 5.89 Å². The number of ether oxygens (including phenoxy) is 1. The lowest BCUT2D eigenvalue weighted by Gasteiger charge is -2.14. The molecule has 1 aliphatic heterocycles. The Hall–Kier alpha value is -3.75. The molecule has 2 aromatic heterocycles. The number of nitrogens with zero attached hydrogens (tertiary/aromatic N) is 6. The molecule has 0 saturated carbocycles. The summed E-state index contributed by atoms with van der Waals surface area (Å²) in [6.45, 7) is 4.10. The average Bonchev–Trinajstić information content (AvgIpc) is 3.59. The highest BCUT2D eigenvalue weighted by atomic mass is 16.5. The highest BCUT2D eigenvalue weighted by molar-refractivity contribution is 5.80. The molecule has 1 saturated heterocycles.